The molecule has 5 rings (SSSR count). The van der Waals surface area contributed by atoms with Crippen LogP contribution in [0.1, 0.15) is 12.8 Å². The van der Waals surface area contributed by atoms with Gasteiger partial charge in [-0.2, -0.15) is 0 Å². The van der Waals surface area contributed by atoms with Crippen molar-refractivity contribution < 1.29 is 9.47 Å². The van der Waals surface area contributed by atoms with E-state index in [1.54, 1.807) is 0 Å². The Morgan fingerprint density at radius 3 is 2.00 bits per heavy atom. The highest BCUT2D eigenvalue weighted by Crippen LogP contribution is 2.31. The molecule has 3 aliphatic rings. The van der Waals surface area contributed by atoms with Crippen LogP contribution in [0.4, 0.5) is 0 Å². The van der Waals surface area contributed by atoms with Gasteiger partial charge in [0.15, 0.2) is 0 Å². The van der Waals surface area contributed by atoms with Crippen LogP contribution >= 0.6 is 12.4 Å². The van der Waals surface area contributed by atoms with Gasteiger partial charge in [-0.15, -0.1) is 12.4 Å². The second-order valence-corrected chi connectivity index (χ2v) is 6.18. The van der Waals surface area contributed by atoms with Crippen LogP contribution in [0.3, 0.4) is 0 Å². The molecule has 0 spiro atoms. The molecule has 0 aromatic heterocycles. The van der Waals surface area contributed by atoms with E-state index in [9.17, 15) is 0 Å². The van der Waals surface area contributed by atoms with Gasteiger partial charge in [-0.1, -0.05) is 18.2 Å². The number of para-hydroxylation sites is 1. The van der Waals surface area contributed by atoms with Crippen molar-refractivity contribution >= 4 is 12.4 Å². The number of halogens is 1. The third-order valence-electron chi connectivity index (χ3n) is 4.69. The van der Waals surface area contributed by atoms with Gasteiger partial charge in [-0.3, -0.25) is 4.90 Å². The van der Waals surface area contributed by atoms with Crippen molar-refractivity contribution in [2.45, 2.75) is 18.9 Å². The maximum Gasteiger partial charge on any atom is 0.127 e. The van der Waals surface area contributed by atoms with E-state index in [1.807, 2.05) is 54.6 Å². The summed E-state index contributed by atoms with van der Waals surface area (Å²) in [6.07, 6.45) is 2.91. The molecule has 3 fully saturated rings. The first-order valence-corrected chi connectivity index (χ1v) is 8.09. The van der Waals surface area contributed by atoms with Crippen LogP contribution in [0.5, 0.6) is 17.2 Å². The molecule has 0 saturated carbocycles. The average molecular weight is 332 g/mol. The summed E-state index contributed by atoms with van der Waals surface area (Å²) in [6.45, 7) is 3.57. The van der Waals surface area contributed by atoms with Gasteiger partial charge in [0.05, 0.1) is 0 Å². The second-order valence-electron chi connectivity index (χ2n) is 6.18. The Kier molecular flexibility index (Phi) is 5.09. The van der Waals surface area contributed by atoms with Crippen LogP contribution in [0.2, 0.25) is 0 Å². The van der Waals surface area contributed by atoms with E-state index in [4.69, 9.17) is 9.47 Å². The van der Waals surface area contributed by atoms with E-state index in [0.29, 0.717) is 6.10 Å². The molecular formula is C19H22ClNO2. The number of nitrogens with zero attached hydrogens (tertiary/aromatic N) is 1. The number of benzene rings is 2. The number of fused-ring (bicyclic) bond motifs is 3. The molecule has 3 nitrogen and oxygen atoms in total. The Morgan fingerprint density at radius 2 is 1.39 bits per heavy atom. The van der Waals surface area contributed by atoms with Crippen LogP contribution in [0.25, 0.3) is 0 Å². The van der Waals surface area contributed by atoms with Gasteiger partial charge in [0.1, 0.15) is 23.4 Å². The number of piperidine rings is 3. The fourth-order valence-corrected chi connectivity index (χ4v) is 3.43. The van der Waals surface area contributed by atoms with E-state index in [2.05, 4.69) is 4.90 Å². The molecule has 0 aliphatic carbocycles. The normalized spacial score (nSPS) is 25.5. The summed E-state index contributed by atoms with van der Waals surface area (Å²) in [7, 11) is 0. The summed E-state index contributed by atoms with van der Waals surface area (Å²) in [4.78, 5) is 2.51. The SMILES string of the molecule is Cl.c1ccc(Oc2ccc(OC3CN4CCC3CC4)cc2)cc1. The smallest absolute Gasteiger partial charge is 0.127 e. The molecule has 3 saturated heterocycles. The van der Waals surface area contributed by atoms with Crippen molar-refractivity contribution in [1.82, 2.24) is 4.90 Å². The molecule has 2 aromatic rings. The van der Waals surface area contributed by atoms with Crippen LogP contribution in [0.15, 0.2) is 54.6 Å². The topological polar surface area (TPSA) is 21.7 Å². The molecule has 0 N–H and O–H groups in total. The lowest BCUT2D eigenvalue weighted by Crippen LogP contribution is -2.52. The minimum Gasteiger partial charge on any atom is -0.489 e. The number of hydrogen-bond donors (Lipinski definition) is 0. The van der Waals surface area contributed by atoms with E-state index >= 15 is 0 Å². The quantitative estimate of drug-likeness (QED) is 0.830. The summed E-state index contributed by atoms with van der Waals surface area (Å²) in [5.41, 5.74) is 0. The van der Waals surface area contributed by atoms with Crippen molar-refractivity contribution in [3.05, 3.63) is 54.6 Å². The van der Waals surface area contributed by atoms with E-state index in [1.165, 1.54) is 25.9 Å². The summed E-state index contributed by atoms with van der Waals surface area (Å²) < 4.78 is 12.0. The summed E-state index contributed by atoms with van der Waals surface area (Å²) >= 11 is 0. The largest absolute Gasteiger partial charge is 0.489 e. The van der Waals surface area contributed by atoms with Crippen molar-refractivity contribution in [3.63, 3.8) is 0 Å². The van der Waals surface area contributed by atoms with Gasteiger partial charge in [0.2, 0.25) is 0 Å². The third-order valence-corrected chi connectivity index (χ3v) is 4.69. The fraction of sp³-hybridized carbons (Fsp3) is 0.368. The first-order chi connectivity index (χ1) is 10.9. The maximum absolute atomic E-state index is 6.20. The van der Waals surface area contributed by atoms with Gasteiger partial charge >= 0.3 is 0 Å². The van der Waals surface area contributed by atoms with Crippen LogP contribution < -0.4 is 9.47 Å². The van der Waals surface area contributed by atoms with Crippen molar-refractivity contribution in [2.24, 2.45) is 5.92 Å². The lowest BCUT2D eigenvalue weighted by atomic mass is 9.86. The van der Waals surface area contributed by atoms with Gasteiger partial charge in [0.25, 0.3) is 0 Å². The van der Waals surface area contributed by atoms with Crippen molar-refractivity contribution in [2.75, 3.05) is 19.6 Å². The lowest BCUT2D eigenvalue weighted by molar-refractivity contribution is -0.00777. The highest BCUT2D eigenvalue weighted by Gasteiger charge is 2.35. The Hall–Kier alpha value is -1.71. The van der Waals surface area contributed by atoms with E-state index < -0.39 is 0 Å². The standard InChI is InChI=1S/C19H21NO2.ClH/c1-2-4-16(5-3-1)21-17-6-8-18(9-7-17)22-19-14-20-12-10-15(19)11-13-20;/h1-9,15,19H,10-14H2;1H. The summed E-state index contributed by atoms with van der Waals surface area (Å²) in [6, 6.07) is 17.8. The van der Waals surface area contributed by atoms with Gasteiger partial charge in [-0.05, 0) is 68.2 Å². The number of ether oxygens (including phenoxy) is 2. The Morgan fingerprint density at radius 1 is 0.783 bits per heavy atom. The molecule has 2 bridgehead atoms. The molecule has 23 heavy (non-hydrogen) atoms. The Balaban J connectivity index is 0.00000156. The highest BCUT2D eigenvalue weighted by atomic mass is 35.5. The van der Waals surface area contributed by atoms with Crippen LogP contribution in [-0.2, 0) is 0 Å². The van der Waals surface area contributed by atoms with Crippen LogP contribution in [0, 0.1) is 5.92 Å². The predicted octanol–water partition coefficient (Wildman–Crippen LogP) is 4.37. The zero-order chi connectivity index (χ0) is 14.8. The average Bonchev–Trinajstić information content (AvgIpc) is 2.59. The Bertz CT molecular complexity index is 609. The molecule has 122 valence electrons. The van der Waals surface area contributed by atoms with Gasteiger partial charge in [0, 0.05) is 6.54 Å². The number of hydrogen-bond acceptors (Lipinski definition) is 3. The fourth-order valence-electron chi connectivity index (χ4n) is 3.43. The first kappa shape index (κ1) is 16.2. The minimum absolute atomic E-state index is 0. The van der Waals surface area contributed by atoms with Crippen LogP contribution in [-0.4, -0.2) is 30.6 Å². The first-order valence-electron chi connectivity index (χ1n) is 8.09. The van der Waals surface area contributed by atoms with E-state index in [0.717, 1.165) is 29.7 Å². The molecule has 2 aromatic carbocycles. The molecule has 1 unspecified atom stereocenters. The third kappa shape index (κ3) is 3.80. The zero-order valence-corrected chi connectivity index (χ0v) is 13.9. The monoisotopic (exact) mass is 331 g/mol. The summed E-state index contributed by atoms with van der Waals surface area (Å²) in [5, 5.41) is 0. The van der Waals surface area contributed by atoms with Crippen molar-refractivity contribution in [1.29, 1.82) is 0 Å². The van der Waals surface area contributed by atoms with E-state index in [-0.39, 0.29) is 12.4 Å². The lowest BCUT2D eigenvalue weighted by Gasteiger charge is -2.44. The molecule has 4 heteroatoms. The van der Waals surface area contributed by atoms with Gasteiger partial charge in [-0.25, -0.2) is 0 Å². The Labute approximate surface area is 143 Å². The van der Waals surface area contributed by atoms with Crippen molar-refractivity contribution in [3.8, 4) is 17.2 Å². The maximum atomic E-state index is 6.20. The molecule has 0 amide bonds. The molecule has 1 atom stereocenters. The van der Waals surface area contributed by atoms with Gasteiger partial charge < -0.3 is 9.47 Å². The summed E-state index contributed by atoms with van der Waals surface area (Å²) in [5.74, 6) is 3.37. The zero-order valence-electron chi connectivity index (χ0n) is 13.1. The second kappa shape index (κ2) is 7.24. The molecule has 3 heterocycles. The minimum atomic E-state index is 0. The number of rotatable bonds is 4. The molecule has 0 radical (unpaired) electrons. The predicted molar refractivity (Wildman–Crippen MR) is 93.8 cm³/mol. The molecule has 3 aliphatic heterocycles. The molecular weight excluding hydrogens is 310 g/mol. The highest BCUT2D eigenvalue weighted by molar-refractivity contribution is 5.85.